The molecule has 1 aromatic heterocycles. The van der Waals surface area contributed by atoms with E-state index in [0.717, 1.165) is 12.1 Å². The van der Waals surface area contributed by atoms with Crippen molar-refractivity contribution >= 4 is 5.91 Å². The topological polar surface area (TPSA) is 55.3 Å². The SMILES string of the molecule is O=C1c2cc(-c3ccc(F)c(F)c3)ccc2OCCN1Cc1ncccn1. The van der Waals surface area contributed by atoms with E-state index in [1.165, 1.54) is 6.07 Å². The van der Waals surface area contributed by atoms with Crippen LogP contribution in [0.1, 0.15) is 16.2 Å². The molecule has 0 aliphatic carbocycles. The molecule has 0 saturated carbocycles. The molecule has 0 spiro atoms. The van der Waals surface area contributed by atoms with Gasteiger partial charge in [0, 0.05) is 12.4 Å². The quantitative estimate of drug-likeness (QED) is 0.711. The second kappa shape index (κ2) is 7.11. The van der Waals surface area contributed by atoms with E-state index in [1.54, 1.807) is 41.6 Å². The third kappa shape index (κ3) is 3.48. The standard InChI is InChI=1S/C20H15F2N3O2/c21-16-4-2-14(11-17(16)22)13-3-5-18-15(10-13)20(26)25(8-9-27-18)12-19-23-6-1-7-24-19/h1-7,10-11H,8-9,12H2. The predicted molar refractivity (Wildman–Crippen MR) is 94.1 cm³/mol. The Morgan fingerprint density at radius 3 is 2.52 bits per heavy atom. The summed E-state index contributed by atoms with van der Waals surface area (Å²) in [4.78, 5) is 22.9. The van der Waals surface area contributed by atoms with Crippen molar-refractivity contribution in [1.29, 1.82) is 0 Å². The van der Waals surface area contributed by atoms with Crippen molar-refractivity contribution in [3.63, 3.8) is 0 Å². The summed E-state index contributed by atoms with van der Waals surface area (Å²) in [7, 11) is 0. The van der Waals surface area contributed by atoms with Crippen molar-refractivity contribution in [3.05, 3.63) is 77.9 Å². The summed E-state index contributed by atoms with van der Waals surface area (Å²) in [6, 6.07) is 10.4. The molecule has 1 aliphatic rings. The van der Waals surface area contributed by atoms with Crippen LogP contribution in [-0.4, -0.2) is 33.9 Å². The van der Waals surface area contributed by atoms with Crippen LogP contribution in [0.3, 0.4) is 0 Å². The fourth-order valence-corrected chi connectivity index (χ4v) is 2.95. The minimum Gasteiger partial charge on any atom is -0.491 e. The fraction of sp³-hybridized carbons (Fsp3) is 0.150. The molecule has 7 heteroatoms. The van der Waals surface area contributed by atoms with Crippen LogP contribution in [0, 0.1) is 11.6 Å². The summed E-state index contributed by atoms with van der Waals surface area (Å²) < 4.78 is 32.4. The summed E-state index contributed by atoms with van der Waals surface area (Å²) >= 11 is 0. The molecule has 0 bridgehead atoms. The predicted octanol–water partition coefficient (Wildman–Crippen LogP) is 3.46. The van der Waals surface area contributed by atoms with Gasteiger partial charge in [-0.05, 0) is 41.5 Å². The molecule has 2 heterocycles. The Kier molecular flexibility index (Phi) is 4.50. The summed E-state index contributed by atoms with van der Waals surface area (Å²) in [5, 5.41) is 0. The Labute approximate surface area is 154 Å². The molecule has 1 aliphatic heterocycles. The van der Waals surface area contributed by atoms with Gasteiger partial charge < -0.3 is 9.64 Å². The van der Waals surface area contributed by atoms with Gasteiger partial charge in [0.25, 0.3) is 5.91 Å². The largest absolute Gasteiger partial charge is 0.491 e. The van der Waals surface area contributed by atoms with Gasteiger partial charge in [0.15, 0.2) is 11.6 Å². The number of hydrogen-bond donors (Lipinski definition) is 0. The van der Waals surface area contributed by atoms with E-state index in [9.17, 15) is 13.6 Å². The number of carbonyl (C=O) groups excluding carboxylic acids is 1. The molecular formula is C20H15F2N3O2. The first-order valence-corrected chi connectivity index (χ1v) is 8.39. The highest BCUT2D eigenvalue weighted by atomic mass is 19.2. The smallest absolute Gasteiger partial charge is 0.258 e. The van der Waals surface area contributed by atoms with E-state index < -0.39 is 11.6 Å². The van der Waals surface area contributed by atoms with E-state index in [0.29, 0.717) is 41.4 Å². The molecule has 0 atom stereocenters. The van der Waals surface area contributed by atoms with Crippen molar-refractivity contribution < 1.29 is 18.3 Å². The number of amides is 1. The minimum atomic E-state index is -0.937. The van der Waals surface area contributed by atoms with Crippen molar-refractivity contribution in [1.82, 2.24) is 14.9 Å². The second-order valence-electron chi connectivity index (χ2n) is 6.08. The van der Waals surface area contributed by atoms with E-state index >= 15 is 0 Å². The van der Waals surface area contributed by atoms with Crippen LogP contribution in [0.25, 0.3) is 11.1 Å². The van der Waals surface area contributed by atoms with Crippen LogP contribution in [0.15, 0.2) is 54.9 Å². The number of halogens is 2. The maximum atomic E-state index is 13.6. The number of rotatable bonds is 3. The number of nitrogens with zero attached hydrogens (tertiary/aromatic N) is 3. The maximum absolute atomic E-state index is 13.6. The molecular weight excluding hydrogens is 352 g/mol. The summed E-state index contributed by atoms with van der Waals surface area (Å²) in [5.74, 6) is -1.08. The lowest BCUT2D eigenvalue weighted by Gasteiger charge is -2.19. The molecule has 5 nitrogen and oxygen atoms in total. The van der Waals surface area contributed by atoms with Gasteiger partial charge in [-0.1, -0.05) is 12.1 Å². The molecule has 0 saturated heterocycles. The van der Waals surface area contributed by atoms with Gasteiger partial charge in [0.05, 0.1) is 18.7 Å². The zero-order valence-electron chi connectivity index (χ0n) is 14.2. The molecule has 0 fully saturated rings. The molecule has 3 aromatic rings. The van der Waals surface area contributed by atoms with Gasteiger partial charge in [-0.25, -0.2) is 18.7 Å². The Balaban J connectivity index is 1.68. The third-order valence-electron chi connectivity index (χ3n) is 4.32. The van der Waals surface area contributed by atoms with Crippen LogP contribution in [0.5, 0.6) is 5.75 Å². The van der Waals surface area contributed by atoms with E-state index in [2.05, 4.69) is 9.97 Å². The van der Waals surface area contributed by atoms with Crippen molar-refractivity contribution in [3.8, 4) is 16.9 Å². The van der Waals surface area contributed by atoms with Gasteiger partial charge >= 0.3 is 0 Å². The van der Waals surface area contributed by atoms with Gasteiger partial charge in [0.2, 0.25) is 0 Å². The normalized spacial score (nSPS) is 13.7. The lowest BCUT2D eigenvalue weighted by Crippen LogP contribution is -2.32. The van der Waals surface area contributed by atoms with Crippen molar-refractivity contribution in [2.45, 2.75) is 6.54 Å². The molecule has 27 heavy (non-hydrogen) atoms. The zero-order chi connectivity index (χ0) is 18.8. The highest BCUT2D eigenvalue weighted by molar-refractivity contribution is 5.98. The Morgan fingerprint density at radius 1 is 1.00 bits per heavy atom. The third-order valence-corrected chi connectivity index (χ3v) is 4.32. The van der Waals surface area contributed by atoms with E-state index in [1.807, 2.05) is 0 Å². The number of ether oxygens (including phenoxy) is 1. The first-order chi connectivity index (χ1) is 13.1. The number of fused-ring (bicyclic) bond motifs is 1. The van der Waals surface area contributed by atoms with Gasteiger partial charge in [-0.2, -0.15) is 0 Å². The highest BCUT2D eigenvalue weighted by Gasteiger charge is 2.25. The number of hydrogen-bond acceptors (Lipinski definition) is 4. The summed E-state index contributed by atoms with van der Waals surface area (Å²) in [6.07, 6.45) is 3.24. The fourth-order valence-electron chi connectivity index (χ4n) is 2.95. The zero-order valence-corrected chi connectivity index (χ0v) is 14.2. The molecule has 1 amide bonds. The monoisotopic (exact) mass is 367 g/mol. The van der Waals surface area contributed by atoms with Crippen LogP contribution in [0.4, 0.5) is 8.78 Å². The van der Waals surface area contributed by atoms with Crippen LogP contribution < -0.4 is 4.74 Å². The average molecular weight is 367 g/mol. The molecule has 0 unspecified atom stereocenters. The lowest BCUT2D eigenvalue weighted by atomic mass is 10.0. The Hall–Kier alpha value is -3.35. The van der Waals surface area contributed by atoms with Crippen molar-refractivity contribution in [2.24, 2.45) is 0 Å². The number of benzene rings is 2. The molecule has 2 aromatic carbocycles. The minimum absolute atomic E-state index is 0.223. The first-order valence-electron chi connectivity index (χ1n) is 8.39. The Bertz CT molecular complexity index is 996. The van der Waals surface area contributed by atoms with Crippen molar-refractivity contribution in [2.75, 3.05) is 13.2 Å². The average Bonchev–Trinajstić information content (AvgIpc) is 2.84. The molecule has 4 rings (SSSR count). The van der Waals surface area contributed by atoms with Crippen LogP contribution in [-0.2, 0) is 6.54 Å². The summed E-state index contributed by atoms with van der Waals surface area (Å²) in [5.41, 5.74) is 1.44. The van der Waals surface area contributed by atoms with Gasteiger partial charge in [-0.3, -0.25) is 4.79 Å². The van der Waals surface area contributed by atoms with Crippen LogP contribution >= 0.6 is 0 Å². The highest BCUT2D eigenvalue weighted by Crippen LogP contribution is 2.30. The number of carbonyl (C=O) groups is 1. The molecule has 136 valence electrons. The molecule has 0 N–H and O–H groups in total. The second-order valence-corrected chi connectivity index (χ2v) is 6.08. The van der Waals surface area contributed by atoms with Crippen LogP contribution in [0.2, 0.25) is 0 Å². The van der Waals surface area contributed by atoms with Gasteiger partial charge in [-0.15, -0.1) is 0 Å². The first kappa shape index (κ1) is 17.1. The lowest BCUT2D eigenvalue weighted by molar-refractivity contribution is 0.0738. The van der Waals surface area contributed by atoms with E-state index in [4.69, 9.17) is 4.74 Å². The van der Waals surface area contributed by atoms with E-state index in [-0.39, 0.29) is 12.5 Å². The number of aromatic nitrogens is 2. The van der Waals surface area contributed by atoms with Gasteiger partial charge in [0.1, 0.15) is 18.2 Å². The maximum Gasteiger partial charge on any atom is 0.258 e. The molecule has 0 radical (unpaired) electrons. The summed E-state index contributed by atoms with van der Waals surface area (Å²) in [6.45, 7) is 1.00. The Morgan fingerprint density at radius 2 is 1.74 bits per heavy atom.